The molecule has 1 aromatic heterocycles. The van der Waals surface area contributed by atoms with Gasteiger partial charge in [-0.25, -0.2) is 8.42 Å². The smallest absolute Gasteiger partial charge is 0.276 e. The van der Waals surface area contributed by atoms with E-state index in [1.165, 1.54) is 0 Å². The summed E-state index contributed by atoms with van der Waals surface area (Å²) in [7, 11) is -3.16. The Morgan fingerprint density at radius 1 is 1.16 bits per heavy atom. The zero-order valence-electron chi connectivity index (χ0n) is 17.2. The molecule has 0 N–H and O–H groups in total. The molecule has 0 radical (unpaired) electrons. The second-order valence-electron chi connectivity index (χ2n) is 7.51. The predicted molar refractivity (Wildman–Crippen MR) is 116 cm³/mol. The van der Waals surface area contributed by atoms with E-state index in [0.717, 1.165) is 16.9 Å². The van der Waals surface area contributed by atoms with Gasteiger partial charge in [0.25, 0.3) is 5.91 Å². The first kappa shape index (κ1) is 21.1. The van der Waals surface area contributed by atoms with Gasteiger partial charge in [-0.15, -0.1) is 0 Å². The predicted octanol–water partition coefficient (Wildman–Crippen LogP) is 3.57. The summed E-state index contributed by atoms with van der Waals surface area (Å²) in [5, 5.41) is 3.97. The molecule has 1 aliphatic rings. The number of amides is 1. The first-order valence-electron chi connectivity index (χ1n) is 10.2. The van der Waals surface area contributed by atoms with Gasteiger partial charge in [0.2, 0.25) is 0 Å². The number of hydrogen-bond donors (Lipinski definition) is 0. The van der Waals surface area contributed by atoms with Crippen LogP contribution in [0.15, 0.2) is 65.2 Å². The van der Waals surface area contributed by atoms with Gasteiger partial charge in [-0.3, -0.25) is 4.79 Å². The molecular formula is C23H24N2O5S. The van der Waals surface area contributed by atoms with Crippen LogP contribution in [0.5, 0.6) is 5.75 Å². The average Bonchev–Trinajstić information content (AvgIpc) is 3.40. The highest BCUT2D eigenvalue weighted by Gasteiger charge is 2.36. The Kier molecular flexibility index (Phi) is 6.08. The second-order valence-corrected chi connectivity index (χ2v) is 9.74. The molecule has 1 fully saturated rings. The second kappa shape index (κ2) is 8.93. The molecule has 1 aliphatic heterocycles. The number of carbonyl (C=O) groups is 1. The van der Waals surface area contributed by atoms with Crippen molar-refractivity contribution in [3.8, 4) is 17.1 Å². The van der Waals surface area contributed by atoms with Crippen LogP contribution < -0.4 is 4.74 Å². The molecule has 162 valence electrons. The molecule has 7 nitrogen and oxygen atoms in total. The van der Waals surface area contributed by atoms with Crippen molar-refractivity contribution in [3.63, 3.8) is 0 Å². The highest BCUT2D eigenvalue weighted by Crippen LogP contribution is 2.25. The fraction of sp³-hybridized carbons (Fsp3) is 0.304. The quantitative estimate of drug-likeness (QED) is 0.558. The first-order chi connectivity index (χ1) is 14.9. The minimum absolute atomic E-state index is 0.0425. The summed E-state index contributed by atoms with van der Waals surface area (Å²) >= 11 is 0. The molecule has 8 heteroatoms. The molecule has 1 unspecified atom stereocenters. The standard InChI is InChI=1S/C23H24N2O5S/c1-2-29-20-10-8-17(9-11-20)15-25(19-12-13-31(27,28)16-19)23(26)21-14-22(30-24-21)18-6-4-3-5-7-18/h3-11,14,19H,2,12-13,15-16H2,1H3. The molecule has 1 amide bonds. The van der Waals surface area contributed by atoms with E-state index < -0.39 is 15.9 Å². The third-order valence-electron chi connectivity index (χ3n) is 5.28. The van der Waals surface area contributed by atoms with Crippen LogP contribution in [0.25, 0.3) is 11.3 Å². The average molecular weight is 441 g/mol. The zero-order valence-corrected chi connectivity index (χ0v) is 18.0. The van der Waals surface area contributed by atoms with Crippen molar-refractivity contribution in [2.24, 2.45) is 0 Å². The van der Waals surface area contributed by atoms with Crippen LogP contribution in [0.4, 0.5) is 0 Å². The number of aromatic nitrogens is 1. The van der Waals surface area contributed by atoms with Crippen LogP contribution in [0.2, 0.25) is 0 Å². The van der Waals surface area contributed by atoms with Gasteiger partial charge in [-0.2, -0.15) is 0 Å². The summed E-state index contributed by atoms with van der Waals surface area (Å²) in [4.78, 5) is 14.9. The van der Waals surface area contributed by atoms with E-state index in [1.54, 1.807) is 11.0 Å². The van der Waals surface area contributed by atoms with Crippen molar-refractivity contribution in [2.75, 3.05) is 18.1 Å². The van der Waals surface area contributed by atoms with E-state index in [0.29, 0.717) is 18.8 Å². The number of hydrogen-bond acceptors (Lipinski definition) is 6. The summed E-state index contributed by atoms with van der Waals surface area (Å²) in [5.74, 6) is 0.931. The SMILES string of the molecule is CCOc1ccc(CN(C(=O)c2cc(-c3ccccc3)on2)C2CCS(=O)(=O)C2)cc1. The van der Waals surface area contributed by atoms with Gasteiger partial charge >= 0.3 is 0 Å². The van der Waals surface area contributed by atoms with E-state index >= 15 is 0 Å². The Morgan fingerprint density at radius 2 is 1.90 bits per heavy atom. The highest BCUT2D eigenvalue weighted by molar-refractivity contribution is 7.91. The Hall–Kier alpha value is -3.13. The largest absolute Gasteiger partial charge is 0.494 e. The van der Waals surface area contributed by atoms with E-state index in [-0.39, 0.29) is 29.7 Å². The minimum atomic E-state index is -3.16. The number of carbonyl (C=O) groups excluding carboxylic acids is 1. The van der Waals surface area contributed by atoms with Crippen LogP contribution in [-0.2, 0) is 16.4 Å². The molecule has 0 bridgehead atoms. The maximum Gasteiger partial charge on any atom is 0.276 e. The summed E-state index contributed by atoms with van der Waals surface area (Å²) in [5.41, 5.74) is 1.86. The van der Waals surface area contributed by atoms with Gasteiger partial charge in [0.05, 0.1) is 18.1 Å². The third-order valence-corrected chi connectivity index (χ3v) is 7.04. The van der Waals surface area contributed by atoms with Gasteiger partial charge in [-0.1, -0.05) is 47.6 Å². The first-order valence-corrected chi connectivity index (χ1v) is 12.0. The van der Waals surface area contributed by atoms with Crippen LogP contribution in [-0.4, -0.2) is 48.5 Å². The number of nitrogens with zero attached hydrogens (tertiary/aromatic N) is 2. The van der Waals surface area contributed by atoms with E-state index in [9.17, 15) is 13.2 Å². The molecule has 1 atom stereocenters. The van der Waals surface area contributed by atoms with E-state index in [1.807, 2.05) is 61.5 Å². The normalized spacial score (nSPS) is 17.4. The molecule has 0 saturated carbocycles. The molecule has 4 rings (SSSR count). The monoisotopic (exact) mass is 440 g/mol. The zero-order chi connectivity index (χ0) is 21.8. The summed E-state index contributed by atoms with van der Waals surface area (Å²) in [6, 6.07) is 18.0. The van der Waals surface area contributed by atoms with Gasteiger partial charge in [0, 0.05) is 24.2 Å². The Labute approximate surface area is 181 Å². The molecule has 3 aromatic rings. The van der Waals surface area contributed by atoms with Gasteiger partial charge < -0.3 is 14.2 Å². The fourth-order valence-electron chi connectivity index (χ4n) is 3.70. The minimum Gasteiger partial charge on any atom is -0.494 e. The van der Waals surface area contributed by atoms with Crippen LogP contribution in [0, 0.1) is 0 Å². The number of sulfone groups is 1. The number of benzene rings is 2. The molecule has 31 heavy (non-hydrogen) atoms. The van der Waals surface area contributed by atoms with Gasteiger partial charge in [-0.05, 0) is 31.0 Å². The maximum absolute atomic E-state index is 13.3. The molecule has 1 saturated heterocycles. The lowest BCUT2D eigenvalue weighted by atomic mass is 10.1. The number of ether oxygens (including phenoxy) is 1. The Balaban J connectivity index is 1.59. The summed E-state index contributed by atoms with van der Waals surface area (Å²) in [6.07, 6.45) is 0.411. The lowest BCUT2D eigenvalue weighted by Gasteiger charge is -2.27. The molecular weight excluding hydrogens is 416 g/mol. The summed E-state index contributed by atoms with van der Waals surface area (Å²) in [6.45, 7) is 2.76. The fourth-order valence-corrected chi connectivity index (χ4v) is 5.43. The molecule has 2 aromatic carbocycles. The molecule has 0 aliphatic carbocycles. The van der Waals surface area contributed by atoms with Crippen molar-refractivity contribution in [2.45, 2.75) is 25.9 Å². The maximum atomic E-state index is 13.3. The lowest BCUT2D eigenvalue weighted by molar-refractivity contribution is 0.0670. The number of rotatable bonds is 7. The van der Waals surface area contributed by atoms with Gasteiger partial charge in [0.15, 0.2) is 21.3 Å². The Morgan fingerprint density at radius 3 is 2.55 bits per heavy atom. The molecule has 0 spiro atoms. The van der Waals surface area contributed by atoms with Crippen LogP contribution in [0.3, 0.4) is 0 Å². The van der Waals surface area contributed by atoms with Crippen LogP contribution in [0.1, 0.15) is 29.4 Å². The van der Waals surface area contributed by atoms with E-state index in [2.05, 4.69) is 5.16 Å². The third kappa shape index (κ3) is 4.96. The van der Waals surface area contributed by atoms with Crippen molar-refractivity contribution >= 4 is 15.7 Å². The Bertz CT molecular complexity index is 1140. The van der Waals surface area contributed by atoms with Gasteiger partial charge in [0.1, 0.15) is 5.75 Å². The molecule has 2 heterocycles. The topological polar surface area (TPSA) is 89.7 Å². The van der Waals surface area contributed by atoms with Crippen molar-refractivity contribution in [1.82, 2.24) is 10.1 Å². The van der Waals surface area contributed by atoms with Crippen molar-refractivity contribution in [3.05, 3.63) is 71.9 Å². The van der Waals surface area contributed by atoms with Crippen LogP contribution >= 0.6 is 0 Å². The summed E-state index contributed by atoms with van der Waals surface area (Å²) < 4.78 is 35.0. The lowest BCUT2D eigenvalue weighted by Crippen LogP contribution is -2.40. The van der Waals surface area contributed by atoms with Crippen molar-refractivity contribution < 1.29 is 22.5 Å². The highest BCUT2D eigenvalue weighted by atomic mass is 32.2. The van der Waals surface area contributed by atoms with Crippen molar-refractivity contribution in [1.29, 1.82) is 0 Å². The van der Waals surface area contributed by atoms with E-state index in [4.69, 9.17) is 9.26 Å².